The molecule has 1 amide bonds. The zero-order valence-corrected chi connectivity index (χ0v) is 9.69. The monoisotopic (exact) mass is 233 g/mol. The molecule has 5 nitrogen and oxygen atoms in total. The lowest BCUT2D eigenvalue weighted by atomic mass is 10.3. The van der Waals surface area contributed by atoms with Gasteiger partial charge in [-0.3, -0.25) is 9.89 Å². The molecule has 0 bridgehead atoms. The van der Waals surface area contributed by atoms with Crippen LogP contribution in [0.15, 0.2) is 28.9 Å². The fraction of sp³-hybridized carbons (Fsp3) is 0.333. The Kier molecular flexibility index (Phi) is 3.59. The molecular formula is C12H15N3O2. The van der Waals surface area contributed by atoms with E-state index < -0.39 is 0 Å². The van der Waals surface area contributed by atoms with Gasteiger partial charge in [0.05, 0.1) is 6.26 Å². The Labute approximate surface area is 99.2 Å². The van der Waals surface area contributed by atoms with Crippen molar-refractivity contribution in [3.63, 3.8) is 0 Å². The van der Waals surface area contributed by atoms with Crippen LogP contribution in [0, 0.1) is 0 Å². The van der Waals surface area contributed by atoms with Crippen molar-refractivity contribution in [1.29, 1.82) is 0 Å². The van der Waals surface area contributed by atoms with Gasteiger partial charge in [0, 0.05) is 12.6 Å². The smallest absolute Gasteiger partial charge is 0.271 e. The van der Waals surface area contributed by atoms with Crippen LogP contribution < -0.4 is 5.32 Å². The maximum atomic E-state index is 11.7. The Morgan fingerprint density at radius 2 is 2.47 bits per heavy atom. The third-order valence-corrected chi connectivity index (χ3v) is 2.41. The largest absolute Gasteiger partial charge is 0.463 e. The van der Waals surface area contributed by atoms with Crippen molar-refractivity contribution in [2.24, 2.45) is 0 Å². The van der Waals surface area contributed by atoms with Gasteiger partial charge in [-0.1, -0.05) is 13.3 Å². The number of unbranched alkanes of at least 4 members (excludes halogenated alkanes) is 1. The van der Waals surface area contributed by atoms with Crippen LogP contribution >= 0.6 is 0 Å². The van der Waals surface area contributed by atoms with Crippen molar-refractivity contribution in [3.05, 3.63) is 30.2 Å². The van der Waals surface area contributed by atoms with Crippen molar-refractivity contribution >= 4 is 5.91 Å². The van der Waals surface area contributed by atoms with E-state index in [0.29, 0.717) is 23.7 Å². The number of amides is 1. The highest BCUT2D eigenvalue weighted by Gasteiger charge is 2.11. The minimum atomic E-state index is -0.160. The zero-order valence-electron chi connectivity index (χ0n) is 9.69. The lowest BCUT2D eigenvalue weighted by Crippen LogP contribution is -2.24. The summed E-state index contributed by atoms with van der Waals surface area (Å²) >= 11 is 0. The first-order valence-electron chi connectivity index (χ1n) is 5.68. The fourth-order valence-electron chi connectivity index (χ4n) is 1.47. The van der Waals surface area contributed by atoms with Gasteiger partial charge < -0.3 is 9.73 Å². The molecule has 0 aliphatic rings. The number of nitrogens with zero attached hydrogens (tertiary/aromatic N) is 1. The average molecular weight is 233 g/mol. The third-order valence-electron chi connectivity index (χ3n) is 2.41. The Hall–Kier alpha value is -2.04. The second-order valence-corrected chi connectivity index (χ2v) is 3.75. The van der Waals surface area contributed by atoms with Crippen molar-refractivity contribution in [1.82, 2.24) is 15.5 Å². The summed E-state index contributed by atoms with van der Waals surface area (Å²) in [7, 11) is 0. The zero-order chi connectivity index (χ0) is 12.1. The number of hydrogen-bond donors (Lipinski definition) is 2. The number of rotatable bonds is 5. The van der Waals surface area contributed by atoms with Crippen LogP contribution in [0.25, 0.3) is 11.5 Å². The molecule has 5 heteroatoms. The maximum Gasteiger partial charge on any atom is 0.271 e. The molecule has 2 N–H and O–H groups in total. The average Bonchev–Trinajstić information content (AvgIpc) is 3.00. The quantitative estimate of drug-likeness (QED) is 0.778. The molecule has 0 saturated heterocycles. The molecule has 0 aliphatic heterocycles. The Bertz CT molecular complexity index is 474. The number of carbonyl (C=O) groups is 1. The Morgan fingerprint density at radius 3 is 3.18 bits per heavy atom. The standard InChI is InChI=1S/C12H15N3O2/c1-2-3-6-13-12(16)10-8-9(14-15-10)11-5-4-7-17-11/h4-5,7-8H,2-3,6H2,1H3,(H,13,16)(H,14,15). The summed E-state index contributed by atoms with van der Waals surface area (Å²) in [6, 6.07) is 5.28. The van der Waals surface area contributed by atoms with E-state index in [0.717, 1.165) is 12.8 Å². The lowest BCUT2D eigenvalue weighted by Gasteiger charge is -1.99. The third kappa shape index (κ3) is 2.75. The molecular weight excluding hydrogens is 218 g/mol. The van der Waals surface area contributed by atoms with Gasteiger partial charge in [-0.15, -0.1) is 0 Å². The Balaban J connectivity index is 2.01. The first kappa shape index (κ1) is 11.4. The summed E-state index contributed by atoms with van der Waals surface area (Å²) in [4.78, 5) is 11.7. The van der Waals surface area contributed by atoms with E-state index in [2.05, 4.69) is 22.4 Å². The van der Waals surface area contributed by atoms with Crippen LogP contribution in [0.3, 0.4) is 0 Å². The summed E-state index contributed by atoms with van der Waals surface area (Å²) in [6.07, 6.45) is 3.61. The summed E-state index contributed by atoms with van der Waals surface area (Å²) < 4.78 is 5.21. The summed E-state index contributed by atoms with van der Waals surface area (Å²) in [5, 5.41) is 9.54. The summed E-state index contributed by atoms with van der Waals surface area (Å²) in [6.45, 7) is 2.76. The minimum absolute atomic E-state index is 0.160. The van der Waals surface area contributed by atoms with Gasteiger partial charge in [-0.05, 0) is 18.6 Å². The van der Waals surface area contributed by atoms with Crippen LogP contribution in [0.2, 0.25) is 0 Å². The molecule has 2 aromatic heterocycles. The second kappa shape index (κ2) is 5.34. The number of hydrogen-bond acceptors (Lipinski definition) is 3. The first-order chi connectivity index (χ1) is 8.31. The van der Waals surface area contributed by atoms with Crippen LogP contribution in [0.4, 0.5) is 0 Å². The van der Waals surface area contributed by atoms with Gasteiger partial charge >= 0.3 is 0 Å². The van der Waals surface area contributed by atoms with Gasteiger partial charge in [-0.25, -0.2) is 0 Å². The molecule has 90 valence electrons. The van der Waals surface area contributed by atoms with Crippen molar-refractivity contribution in [3.8, 4) is 11.5 Å². The maximum absolute atomic E-state index is 11.7. The molecule has 0 spiro atoms. The van der Waals surface area contributed by atoms with Crippen LogP contribution in [0.5, 0.6) is 0 Å². The second-order valence-electron chi connectivity index (χ2n) is 3.75. The highest BCUT2D eigenvalue weighted by molar-refractivity contribution is 5.93. The molecule has 0 aromatic carbocycles. The summed E-state index contributed by atoms with van der Waals surface area (Å²) in [5.74, 6) is 0.512. The predicted molar refractivity (Wildman–Crippen MR) is 63.5 cm³/mol. The first-order valence-corrected chi connectivity index (χ1v) is 5.68. The Morgan fingerprint density at radius 1 is 1.59 bits per heavy atom. The highest BCUT2D eigenvalue weighted by Crippen LogP contribution is 2.17. The van der Waals surface area contributed by atoms with Crippen LogP contribution in [-0.4, -0.2) is 22.6 Å². The van der Waals surface area contributed by atoms with Gasteiger partial charge in [0.25, 0.3) is 5.91 Å². The number of H-pyrrole nitrogens is 1. The predicted octanol–water partition coefficient (Wildman–Crippen LogP) is 2.20. The number of aromatic amines is 1. The minimum Gasteiger partial charge on any atom is -0.463 e. The van der Waals surface area contributed by atoms with E-state index in [1.54, 1.807) is 18.4 Å². The van der Waals surface area contributed by atoms with E-state index >= 15 is 0 Å². The molecule has 0 unspecified atom stereocenters. The van der Waals surface area contributed by atoms with Crippen LogP contribution in [0.1, 0.15) is 30.3 Å². The fourth-order valence-corrected chi connectivity index (χ4v) is 1.47. The van der Waals surface area contributed by atoms with E-state index in [-0.39, 0.29) is 5.91 Å². The topological polar surface area (TPSA) is 70.9 Å². The van der Waals surface area contributed by atoms with Crippen molar-refractivity contribution in [2.45, 2.75) is 19.8 Å². The molecule has 2 aromatic rings. The highest BCUT2D eigenvalue weighted by atomic mass is 16.3. The van der Waals surface area contributed by atoms with Gasteiger partial charge in [-0.2, -0.15) is 5.10 Å². The van der Waals surface area contributed by atoms with Crippen molar-refractivity contribution in [2.75, 3.05) is 6.54 Å². The van der Waals surface area contributed by atoms with Gasteiger partial charge in [0.15, 0.2) is 11.5 Å². The van der Waals surface area contributed by atoms with Gasteiger partial charge in [0.1, 0.15) is 5.69 Å². The molecule has 2 rings (SSSR count). The van der Waals surface area contributed by atoms with E-state index in [4.69, 9.17) is 4.42 Å². The van der Waals surface area contributed by atoms with E-state index in [9.17, 15) is 4.79 Å². The molecule has 0 saturated carbocycles. The molecule has 2 heterocycles. The summed E-state index contributed by atoms with van der Waals surface area (Å²) in [5.41, 5.74) is 1.09. The number of nitrogens with one attached hydrogen (secondary N) is 2. The van der Waals surface area contributed by atoms with Crippen molar-refractivity contribution < 1.29 is 9.21 Å². The SMILES string of the molecule is CCCCNC(=O)c1cc(-c2ccco2)[nH]n1. The molecule has 0 radical (unpaired) electrons. The molecule has 0 aliphatic carbocycles. The number of carbonyl (C=O) groups excluding carboxylic acids is 1. The van der Waals surface area contributed by atoms with Gasteiger partial charge in [0.2, 0.25) is 0 Å². The van der Waals surface area contributed by atoms with E-state index in [1.165, 1.54) is 0 Å². The number of aromatic nitrogens is 2. The number of furan rings is 1. The molecule has 17 heavy (non-hydrogen) atoms. The normalized spacial score (nSPS) is 10.4. The van der Waals surface area contributed by atoms with E-state index in [1.807, 2.05) is 6.07 Å². The van der Waals surface area contributed by atoms with Crippen LogP contribution in [-0.2, 0) is 0 Å². The molecule has 0 fully saturated rings. The lowest BCUT2D eigenvalue weighted by molar-refractivity contribution is 0.0948. The molecule has 0 atom stereocenters.